The second kappa shape index (κ2) is 8.56. The summed E-state index contributed by atoms with van der Waals surface area (Å²) in [6.45, 7) is 4.68. The minimum Gasteiger partial charge on any atom is -0.135 e. The Morgan fingerprint density at radius 1 is 0.523 bits per heavy atom. The van der Waals surface area contributed by atoms with Gasteiger partial charge in [-0.1, -0.05) is 129 Å². The molecule has 0 unspecified atom stereocenters. The van der Waals surface area contributed by atoms with Crippen molar-refractivity contribution in [2.24, 2.45) is 0 Å². The van der Waals surface area contributed by atoms with E-state index in [1.807, 2.05) is 29.5 Å². The van der Waals surface area contributed by atoms with Gasteiger partial charge >= 0.3 is 0 Å². The molecule has 1 aliphatic rings. The lowest BCUT2D eigenvalue weighted by Gasteiger charge is -2.22. The van der Waals surface area contributed by atoms with Crippen LogP contribution in [-0.4, -0.2) is 0 Å². The highest BCUT2D eigenvalue weighted by Gasteiger charge is 2.37. The molecule has 1 aliphatic carbocycles. The van der Waals surface area contributed by atoms with Gasteiger partial charge in [-0.3, -0.25) is 0 Å². The third-order valence-electron chi connectivity index (χ3n) is 9.92. The molecule has 0 saturated heterocycles. The second-order valence-electron chi connectivity index (χ2n) is 12.5. The lowest BCUT2D eigenvalue weighted by Crippen LogP contribution is -2.14. The molecule has 44 heavy (non-hydrogen) atoms. The lowest BCUT2D eigenvalue weighted by atomic mass is 9.81. The third kappa shape index (κ3) is 3.12. The molecule has 0 nitrogen and oxygen atoms in total. The van der Waals surface area contributed by atoms with Crippen LogP contribution in [0.1, 0.15) is 31.8 Å². The standard InChI is InChI=1S/C43H28S/c1-43(2)35-22-23-38-42(34-10-6-7-11-37(34)44-38)41(35)33-21-16-28(24-36(33)43)30-18-13-27-14-19-31-29(25-8-4-3-5-9-25)17-12-26-15-20-32(30)40(27)39(26)31/h3-24H,1-2H3/i3D,4D,5D,8D,9D. The van der Waals surface area contributed by atoms with Crippen molar-refractivity contribution in [1.29, 1.82) is 0 Å². The van der Waals surface area contributed by atoms with Gasteiger partial charge < -0.3 is 0 Å². The van der Waals surface area contributed by atoms with Crippen LogP contribution in [0.3, 0.4) is 0 Å². The maximum absolute atomic E-state index is 8.70. The highest BCUT2D eigenvalue weighted by atomic mass is 32.1. The molecule has 9 aromatic rings. The molecule has 0 bridgehead atoms. The minimum absolute atomic E-state index is 0.166. The summed E-state index contributed by atoms with van der Waals surface area (Å²) in [5.41, 5.74) is 8.39. The Balaban J connectivity index is 1.21. The van der Waals surface area contributed by atoms with Gasteiger partial charge in [0.1, 0.15) is 0 Å². The molecule has 10 rings (SSSR count). The fraction of sp³-hybridized carbons (Fsp3) is 0.0698. The molecule has 0 fully saturated rings. The van der Waals surface area contributed by atoms with Gasteiger partial charge in [0.05, 0.1) is 6.85 Å². The summed E-state index contributed by atoms with van der Waals surface area (Å²) in [5, 5.41) is 9.02. The third-order valence-corrected chi connectivity index (χ3v) is 11.1. The summed E-state index contributed by atoms with van der Waals surface area (Å²) in [4.78, 5) is 0. The zero-order valence-electron chi connectivity index (χ0n) is 29.2. The van der Waals surface area contributed by atoms with Crippen molar-refractivity contribution in [3.05, 3.63) is 144 Å². The van der Waals surface area contributed by atoms with E-state index in [4.69, 9.17) is 6.85 Å². The molecule has 0 spiro atoms. The van der Waals surface area contributed by atoms with Crippen molar-refractivity contribution in [2.75, 3.05) is 0 Å². The molecule has 206 valence electrons. The quantitative estimate of drug-likeness (QED) is 0.178. The predicted octanol–water partition coefficient (Wildman–Crippen LogP) is 12.6. The Bertz CT molecular complexity index is 2890. The fourth-order valence-corrected chi connectivity index (χ4v) is 8.98. The first kappa shape index (κ1) is 20.1. The topological polar surface area (TPSA) is 0 Å². The van der Waals surface area contributed by atoms with Crippen LogP contribution in [0.25, 0.3) is 85.9 Å². The van der Waals surface area contributed by atoms with E-state index < -0.39 is 0 Å². The molecule has 0 amide bonds. The molecule has 0 aliphatic heterocycles. The SMILES string of the molecule is [2H]c1c([2H])c([2H])c(-c2ccc3ccc4c(-c5ccc6c(c5)C(C)(C)c5ccc7sc8ccccc8c7c5-6)ccc5ccc2c3c54)c([2H])c1[2H]. The molecule has 0 N–H and O–H groups in total. The molecular formula is C43H28S. The number of hydrogen-bond donors (Lipinski definition) is 0. The van der Waals surface area contributed by atoms with Gasteiger partial charge in [0, 0.05) is 25.6 Å². The summed E-state index contributed by atoms with van der Waals surface area (Å²) in [6, 6.07) is 35.7. The zero-order valence-corrected chi connectivity index (χ0v) is 25.0. The van der Waals surface area contributed by atoms with Gasteiger partial charge in [0.2, 0.25) is 0 Å². The van der Waals surface area contributed by atoms with Crippen LogP contribution in [0.5, 0.6) is 0 Å². The summed E-state index contributed by atoms with van der Waals surface area (Å²) in [7, 11) is 0. The first-order valence-corrected chi connectivity index (χ1v) is 15.8. The minimum atomic E-state index is -0.380. The Hall–Kier alpha value is -4.98. The highest BCUT2D eigenvalue weighted by molar-refractivity contribution is 7.26. The van der Waals surface area contributed by atoms with E-state index in [9.17, 15) is 0 Å². The smallest absolute Gasteiger partial charge is 0.0629 e. The van der Waals surface area contributed by atoms with E-state index in [2.05, 4.69) is 98.8 Å². The maximum atomic E-state index is 8.70. The van der Waals surface area contributed by atoms with Gasteiger partial charge in [-0.2, -0.15) is 0 Å². The van der Waals surface area contributed by atoms with Crippen molar-refractivity contribution in [3.63, 3.8) is 0 Å². The highest BCUT2D eigenvalue weighted by Crippen LogP contribution is 2.55. The van der Waals surface area contributed by atoms with Crippen molar-refractivity contribution in [3.8, 4) is 33.4 Å². The van der Waals surface area contributed by atoms with E-state index in [0.717, 1.165) is 43.4 Å². The number of thiophene rings is 1. The van der Waals surface area contributed by atoms with Crippen molar-refractivity contribution in [1.82, 2.24) is 0 Å². The first-order valence-electron chi connectivity index (χ1n) is 17.5. The average Bonchev–Trinajstić information content (AvgIpc) is 3.61. The summed E-state index contributed by atoms with van der Waals surface area (Å²) < 4.78 is 44.8. The van der Waals surface area contributed by atoms with Crippen molar-refractivity contribution in [2.45, 2.75) is 19.3 Å². The summed E-state index contributed by atoms with van der Waals surface area (Å²) >= 11 is 1.86. The van der Waals surface area contributed by atoms with E-state index in [1.54, 1.807) is 0 Å². The number of rotatable bonds is 2. The Kier molecular flexibility index (Phi) is 3.90. The Labute approximate surface area is 267 Å². The van der Waals surface area contributed by atoms with Crippen LogP contribution in [0.2, 0.25) is 0 Å². The Morgan fingerprint density at radius 2 is 1.18 bits per heavy atom. The van der Waals surface area contributed by atoms with Crippen molar-refractivity contribution < 1.29 is 6.85 Å². The monoisotopic (exact) mass is 581 g/mol. The van der Waals surface area contributed by atoms with E-state index in [-0.39, 0.29) is 41.2 Å². The summed E-state index contributed by atoms with van der Waals surface area (Å²) in [5.74, 6) is 0. The molecule has 1 heteroatoms. The van der Waals surface area contributed by atoms with Crippen LogP contribution in [0, 0.1) is 0 Å². The number of fused-ring (bicyclic) bond motifs is 7. The van der Waals surface area contributed by atoms with Crippen LogP contribution < -0.4 is 0 Å². The van der Waals surface area contributed by atoms with Crippen LogP contribution in [-0.2, 0) is 5.41 Å². The molecule has 0 saturated carbocycles. The molecule has 0 radical (unpaired) electrons. The van der Waals surface area contributed by atoms with Gasteiger partial charge in [0.15, 0.2) is 0 Å². The summed E-state index contributed by atoms with van der Waals surface area (Å²) in [6.07, 6.45) is 0. The molecule has 1 aromatic heterocycles. The maximum Gasteiger partial charge on any atom is 0.0629 e. The normalized spacial score (nSPS) is 15.5. The fourth-order valence-electron chi connectivity index (χ4n) is 7.86. The van der Waals surface area contributed by atoms with E-state index >= 15 is 0 Å². The van der Waals surface area contributed by atoms with Gasteiger partial charge in [-0.25, -0.2) is 0 Å². The van der Waals surface area contributed by atoms with Crippen LogP contribution >= 0.6 is 11.3 Å². The lowest BCUT2D eigenvalue weighted by molar-refractivity contribution is 0.661. The van der Waals surface area contributed by atoms with Gasteiger partial charge in [-0.15, -0.1) is 11.3 Å². The average molecular weight is 582 g/mol. The largest absolute Gasteiger partial charge is 0.135 e. The van der Waals surface area contributed by atoms with Crippen LogP contribution in [0.4, 0.5) is 0 Å². The molecular weight excluding hydrogens is 549 g/mol. The van der Waals surface area contributed by atoms with Crippen LogP contribution in [0.15, 0.2) is 133 Å². The number of benzene rings is 8. The molecule has 1 heterocycles. The molecule has 0 atom stereocenters. The number of hydrogen-bond acceptors (Lipinski definition) is 1. The van der Waals surface area contributed by atoms with E-state index in [0.29, 0.717) is 5.56 Å². The van der Waals surface area contributed by atoms with Gasteiger partial charge in [0.25, 0.3) is 0 Å². The zero-order chi connectivity index (χ0) is 33.5. The van der Waals surface area contributed by atoms with Gasteiger partial charge in [-0.05, 0) is 95.0 Å². The predicted molar refractivity (Wildman–Crippen MR) is 191 cm³/mol. The molecule has 8 aromatic carbocycles. The Morgan fingerprint density at radius 3 is 1.93 bits per heavy atom. The first-order chi connectivity index (χ1) is 23.6. The van der Waals surface area contributed by atoms with E-state index in [1.165, 1.54) is 42.4 Å². The van der Waals surface area contributed by atoms with Crippen molar-refractivity contribution >= 4 is 63.8 Å². The second-order valence-corrected chi connectivity index (χ2v) is 13.6.